The standard InChI is InChI=1S/C32H28N4O4/c1-21-11-6-7-16-25(21)28(37)20-36-27-18-9-8-17-26(27)29(22-12-4-3-5-13-22)34-30(31(36)38)35-32(39)33-23-14-10-15-24(19-23)40-2/h3-19,30H,20H2,1-2H3,(H2,33,35,39)/t30-/m0/s1. The molecule has 0 spiro atoms. The molecule has 0 radical (unpaired) electrons. The zero-order valence-electron chi connectivity index (χ0n) is 22.1. The summed E-state index contributed by atoms with van der Waals surface area (Å²) in [6.07, 6.45) is -1.29. The number of nitrogens with zero attached hydrogens (tertiary/aromatic N) is 2. The van der Waals surface area contributed by atoms with E-state index in [1.807, 2.05) is 67.6 Å². The van der Waals surface area contributed by atoms with Gasteiger partial charge in [-0.25, -0.2) is 9.79 Å². The summed E-state index contributed by atoms with van der Waals surface area (Å²) in [5, 5.41) is 5.44. The topological polar surface area (TPSA) is 100 Å². The summed E-state index contributed by atoms with van der Waals surface area (Å²) in [7, 11) is 1.54. The van der Waals surface area contributed by atoms with Gasteiger partial charge in [-0.05, 0) is 30.7 Å². The Morgan fingerprint density at radius 2 is 1.62 bits per heavy atom. The van der Waals surface area contributed by atoms with Crippen LogP contribution in [0.5, 0.6) is 5.75 Å². The number of hydrogen-bond acceptors (Lipinski definition) is 5. The monoisotopic (exact) mass is 532 g/mol. The van der Waals surface area contributed by atoms with Crippen molar-refractivity contribution in [1.29, 1.82) is 0 Å². The highest BCUT2D eigenvalue weighted by Gasteiger charge is 2.34. The second-order valence-electron chi connectivity index (χ2n) is 9.26. The van der Waals surface area contributed by atoms with Gasteiger partial charge in [-0.15, -0.1) is 0 Å². The number of urea groups is 1. The number of nitrogens with one attached hydrogen (secondary N) is 2. The van der Waals surface area contributed by atoms with Crippen LogP contribution in [0.4, 0.5) is 16.2 Å². The van der Waals surface area contributed by atoms with Crippen molar-refractivity contribution < 1.29 is 19.1 Å². The molecule has 0 aliphatic carbocycles. The number of para-hydroxylation sites is 1. The number of carbonyl (C=O) groups is 3. The number of amides is 3. The van der Waals surface area contributed by atoms with Gasteiger partial charge in [0.2, 0.25) is 6.17 Å². The minimum atomic E-state index is -1.29. The van der Waals surface area contributed by atoms with Crippen LogP contribution in [0.3, 0.4) is 0 Å². The van der Waals surface area contributed by atoms with E-state index in [0.29, 0.717) is 34.0 Å². The van der Waals surface area contributed by atoms with E-state index in [1.54, 1.807) is 42.5 Å². The van der Waals surface area contributed by atoms with E-state index in [0.717, 1.165) is 11.1 Å². The quantitative estimate of drug-likeness (QED) is 0.319. The van der Waals surface area contributed by atoms with Crippen LogP contribution in [0.25, 0.3) is 0 Å². The highest BCUT2D eigenvalue weighted by molar-refractivity contribution is 6.21. The second kappa shape index (κ2) is 11.7. The van der Waals surface area contributed by atoms with E-state index < -0.39 is 18.1 Å². The van der Waals surface area contributed by atoms with E-state index in [1.165, 1.54) is 12.0 Å². The van der Waals surface area contributed by atoms with Gasteiger partial charge in [0.15, 0.2) is 5.78 Å². The lowest BCUT2D eigenvalue weighted by Crippen LogP contribution is -2.50. The van der Waals surface area contributed by atoms with Gasteiger partial charge in [0.05, 0.1) is 25.1 Å². The van der Waals surface area contributed by atoms with Crippen LogP contribution in [-0.4, -0.2) is 43.3 Å². The predicted molar refractivity (Wildman–Crippen MR) is 155 cm³/mol. The highest BCUT2D eigenvalue weighted by Crippen LogP contribution is 2.29. The number of benzene rings is 4. The van der Waals surface area contributed by atoms with E-state index in [-0.39, 0.29) is 12.3 Å². The first-order valence-corrected chi connectivity index (χ1v) is 12.8. The first kappa shape index (κ1) is 26.4. The van der Waals surface area contributed by atoms with Gasteiger partial charge in [-0.1, -0.05) is 78.9 Å². The fourth-order valence-corrected chi connectivity index (χ4v) is 4.62. The number of methoxy groups -OCH3 is 1. The third-order valence-electron chi connectivity index (χ3n) is 6.60. The van der Waals surface area contributed by atoms with Crippen molar-refractivity contribution >= 4 is 34.8 Å². The number of ketones is 1. The Morgan fingerprint density at radius 1 is 0.900 bits per heavy atom. The van der Waals surface area contributed by atoms with Gasteiger partial charge < -0.3 is 20.3 Å². The molecule has 0 fully saturated rings. The molecule has 8 heteroatoms. The van der Waals surface area contributed by atoms with E-state index >= 15 is 0 Å². The predicted octanol–water partition coefficient (Wildman–Crippen LogP) is 5.22. The lowest BCUT2D eigenvalue weighted by molar-refractivity contribution is -0.120. The zero-order valence-corrected chi connectivity index (χ0v) is 22.1. The summed E-state index contributed by atoms with van der Waals surface area (Å²) in [6, 6.07) is 30.2. The van der Waals surface area contributed by atoms with Crippen LogP contribution < -0.4 is 20.3 Å². The van der Waals surface area contributed by atoms with Crippen molar-refractivity contribution in [2.24, 2.45) is 4.99 Å². The molecule has 5 rings (SSSR count). The lowest BCUT2D eigenvalue weighted by atomic mass is 9.99. The van der Waals surface area contributed by atoms with Crippen molar-refractivity contribution in [2.45, 2.75) is 13.1 Å². The summed E-state index contributed by atoms with van der Waals surface area (Å²) in [6.45, 7) is 1.64. The summed E-state index contributed by atoms with van der Waals surface area (Å²) in [5.74, 6) is -0.172. The molecule has 3 amide bonds. The molecule has 40 heavy (non-hydrogen) atoms. The Morgan fingerprint density at radius 3 is 2.40 bits per heavy atom. The molecular formula is C32H28N4O4. The SMILES string of the molecule is COc1cccc(NC(=O)N[C@@H]2N=C(c3ccccc3)c3ccccc3N(CC(=O)c3ccccc3C)C2=O)c1. The van der Waals surface area contributed by atoms with Crippen LogP contribution in [0.1, 0.15) is 27.0 Å². The van der Waals surface area contributed by atoms with Gasteiger partial charge in [-0.3, -0.25) is 9.59 Å². The molecular weight excluding hydrogens is 504 g/mol. The minimum absolute atomic E-state index is 0.214. The number of Topliss-reactive ketones (excluding diaryl/α,β-unsaturated/α-hetero) is 1. The zero-order chi connectivity index (χ0) is 28.1. The van der Waals surface area contributed by atoms with Crippen LogP contribution in [0.2, 0.25) is 0 Å². The molecule has 1 atom stereocenters. The van der Waals surface area contributed by atoms with E-state index in [4.69, 9.17) is 9.73 Å². The number of rotatable bonds is 7. The van der Waals surface area contributed by atoms with Crippen molar-refractivity contribution in [3.8, 4) is 5.75 Å². The Hall–Kier alpha value is -5.24. The molecule has 1 aliphatic heterocycles. The fourth-order valence-electron chi connectivity index (χ4n) is 4.62. The molecule has 200 valence electrons. The average molecular weight is 533 g/mol. The maximum Gasteiger partial charge on any atom is 0.321 e. The lowest BCUT2D eigenvalue weighted by Gasteiger charge is -2.25. The molecule has 8 nitrogen and oxygen atoms in total. The van der Waals surface area contributed by atoms with Crippen LogP contribution >= 0.6 is 0 Å². The largest absolute Gasteiger partial charge is 0.497 e. The molecule has 4 aromatic rings. The maximum absolute atomic E-state index is 14.0. The molecule has 1 aliphatic rings. The molecule has 0 saturated heterocycles. The van der Waals surface area contributed by atoms with Crippen LogP contribution in [-0.2, 0) is 4.79 Å². The third kappa shape index (κ3) is 5.61. The number of aliphatic imine (C=N–C) groups is 1. The Kier molecular flexibility index (Phi) is 7.68. The van der Waals surface area contributed by atoms with Gasteiger partial charge in [0.25, 0.3) is 5.91 Å². The average Bonchev–Trinajstić information content (AvgIpc) is 3.08. The first-order valence-electron chi connectivity index (χ1n) is 12.8. The number of carbonyl (C=O) groups excluding carboxylic acids is 3. The Bertz CT molecular complexity index is 1600. The number of fused-ring (bicyclic) bond motifs is 1. The summed E-state index contributed by atoms with van der Waals surface area (Å²) in [5.41, 5.74) is 4.35. The summed E-state index contributed by atoms with van der Waals surface area (Å²) >= 11 is 0. The molecule has 4 aromatic carbocycles. The van der Waals surface area contributed by atoms with Crippen LogP contribution in [0, 0.1) is 6.92 Å². The number of ether oxygens (including phenoxy) is 1. The first-order chi connectivity index (χ1) is 19.4. The Labute approximate surface area is 232 Å². The third-order valence-corrected chi connectivity index (χ3v) is 6.60. The molecule has 0 saturated carbocycles. The van der Waals surface area contributed by atoms with E-state index in [9.17, 15) is 14.4 Å². The molecule has 0 bridgehead atoms. The molecule has 0 unspecified atom stereocenters. The molecule has 2 N–H and O–H groups in total. The normalized spacial score (nSPS) is 14.4. The van der Waals surface area contributed by atoms with Gasteiger partial charge in [-0.2, -0.15) is 0 Å². The number of anilines is 2. The highest BCUT2D eigenvalue weighted by atomic mass is 16.5. The fraction of sp³-hybridized carbons (Fsp3) is 0.125. The van der Waals surface area contributed by atoms with E-state index in [2.05, 4.69) is 10.6 Å². The van der Waals surface area contributed by atoms with Gasteiger partial charge in [0, 0.05) is 28.4 Å². The van der Waals surface area contributed by atoms with Gasteiger partial charge in [0.1, 0.15) is 5.75 Å². The maximum atomic E-state index is 14.0. The Balaban J connectivity index is 1.53. The van der Waals surface area contributed by atoms with Crippen molar-refractivity contribution in [2.75, 3.05) is 23.9 Å². The van der Waals surface area contributed by atoms with Crippen LogP contribution in [0.15, 0.2) is 108 Å². The summed E-state index contributed by atoms with van der Waals surface area (Å²) in [4.78, 5) is 46.7. The summed E-state index contributed by atoms with van der Waals surface area (Å²) < 4.78 is 5.23. The second-order valence-corrected chi connectivity index (χ2v) is 9.26. The van der Waals surface area contributed by atoms with Crippen molar-refractivity contribution in [1.82, 2.24) is 5.32 Å². The molecule has 1 heterocycles. The van der Waals surface area contributed by atoms with Gasteiger partial charge >= 0.3 is 6.03 Å². The van der Waals surface area contributed by atoms with Crippen molar-refractivity contribution in [3.05, 3.63) is 125 Å². The number of hydrogen-bond donors (Lipinski definition) is 2. The number of aryl methyl sites for hydroxylation is 1. The number of benzodiazepines with no additional fused rings is 1. The smallest absolute Gasteiger partial charge is 0.321 e. The minimum Gasteiger partial charge on any atom is -0.497 e. The molecule has 0 aromatic heterocycles. The van der Waals surface area contributed by atoms with Crippen molar-refractivity contribution in [3.63, 3.8) is 0 Å².